The second-order valence-corrected chi connectivity index (χ2v) is 11.8. The molecule has 3 rings (SSSR count). The minimum Gasteiger partial charge on any atom is -0.508 e. The minimum atomic E-state index is -1.29. The van der Waals surface area contributed by atoms with E-state index >= 15 is 0 Å². The molecule has 1 heterocycles. The van der Waals surface area contributed by atoms with Crippen molar-refractivity contribution in [2.24, 2.45) is 22.2 Å². The number of carbonyl (C=O) groups excluding carboxylic acids is 3. The molecule has 14 nitrogen and oxygen atoms in total. The maximum absolute atomic E-state index is 13.8. The van der Waals surface area contributed by atoms with Crippen molar-refractivity contribution >= 4 is 52.3 Å². The summed E-state index contributed by atoms with van der Waals surface area (Å²) in [6, 6.07) is 9.07. The van der Waals surface area contributed by atoms with Gasteiger partial charge in [0.25, 0.3) is 0 Å². The number of carboxylic acid groups (broad SMARTS) is 1. The molecule has 248 valence electrons. The molecule has 0 fully saturated rings. The Labute approximate surface area is 271 Å². The SMILES string of the molecule is CSCCC(NC(=O)C(Cc1c[nH]c2ccccc12)NC(=O)C(N)CCCN=C(N)N)C(=O)NC(Cc1ccc(O)cc1)C(=O)O. The number of carboxylic acids is 1. The number of carbonyl (C=O) groups is 4. The number of aliphatic carboxylic acids is 1. The van der Waals surface area contributed by atoms with Gasteiger partial charge in [-0.1, -0.05) is 30.3 Å². The van der Waals surface area contributed by atoms with Crippen molar-refractivity contribution < 1.29 is 29.4 Å². The van der Waals surface area contributed by atoms with Crippen LogP contribution in [-0.2, 0) is 32.0 Å². The van der Waals surface area contributed by atoms with Gasteiger partial charge in [0.1, 0.15) is 23.9 Å². The Balaban J connectivity index is 1.79. The Bertz CT molecular complexity index is 1510. The molecule has 2 aromatic carbocycles. The highest BCUT2D eigenvalue weighted by molar-refractivity contribution is 7.98. The number of H-pyrrole nitrogens is 1. The lowest BCUT2D eigenvalue weighted by Gasteiger charge is -2.25. The quantitative estimate of drug-likeness (QED) is 0.0516. The molecular weight excluding hydrogens is 612 g/mol. The number of hydrogen-bond acceptors (Lipinski definition) is 8. The third kappa shape index (κ3) is 11.0. The summed E-state index contributed by atoms with van der Waals surface area (Å²) in [5, 5.41) is 28.2. The predicted octanol–water partition coefficient (Wildman–Crippen LogP) is 0.332. The standard InChI is InChI=1S/C31H42N8O6S/c1-46-14-12-24(28(42)39-26(30(44)45)15-18-8-10-20(40)11-9-18)37-29(43)25(16-19-17-36-23-7-3-2-5-21(19)23)38-27(41)22(32)6-4-13-35-31(33)34/h2-3,5,7-11,17,22,24-26,36,40H,4,6,12-16,32H2,1H3,(H,37,43)(H,38,41)(H,39,42)(H,44,45)(H4,33,34,35). The van der Waals surface area contributed by atoms with Crippen molar-refractivity contribution in [3.8, 4) is 5.75 Å². The number of thioether (sulfide) groups is 1. The van der Waals surface area contributed by atoms with Crippen LogP contribution in [0.15, 0.2) is 59.7 Å². The van der Waals surface area contributed by atoms with Gasteiger partial charge in [0.05, 0.1) is 6.04 Å². The van der Waals surface area contributed by atoms with Gasteiger partial charge in [0.15, 0.2) is 5.96 Å². The fourth-order valence-corrected chi connectivity index (χ4v) is 5.25. The van der Waals surface area contributed by atoms with Gasteiger partial charge in [-0.25, -0.2) is 4.79 Å². The van der Waals surface area contributed by atoms with E-state index in [1.807, 2.05) is 30.5 Å². The van der Waals surface area contributed by atoms with Crippen molar-refractivity contribution in [3.05, 3.63) is 65.9 Å². The summed E-state index contributed by atoms with van der Waals surface area (Å²) in [5.74, 6) is -2.66. The number of aromatic hydroxyl groups is 1. The number of phenolic OH excluding ortho intramolecular Hbond substituents is 1. The molecule has 0 bridgehead atoms. The number of para-hydroxylation sites is 1. The average molecular weight is 655 g/mol. The Kier molecular flexibility index (Phi) is 13.7. The van der Waals surface area contributed by atoms with E-state index in [0.717, 1.165) is 16.5 Å². The van der Waals surface area contributed by atoms with E-state index in [1.165, 1.54) is 23.9 Å². The number of amides is 3. The number of benzene rings is 2. The highest BCUT2D eigenvalue weighted by Crippen LogP contribution is 2.20. The molecule has 4 atom stereocenters. The minimum absolute atomic E-state index is 0.0284. The monoisotopic (exact) mass is 654 g/mol. The summed E-state index contributed by atoms with van der Waals surface area (Å²) in [5.41, 5.74) is 19.0. The third-order valence-electron chi connectivity index (χ3n) is 7.27. The lowest BCUT2D eigenvalue weighted by atomic mass is 10.0. The number of aromatic amines is 1. The van der Waals surface area contributed by atoms with Crippen LogP contribution in [0, 0.1) is 0 Å². The number of aromatic nitrogens is 1. The lowest BCUT2D eigenvalue weighted by molar-refractivity contribution is -0.142. The predicted molar refractivity (Wildman–Crippen MR) is 178 cm³/mol. The van der Waals surface area contributed by atoms with Gasteiger partial charge in [0.2, 0.25) is 17.7 Å². The molecule has 3 amide bonds. The van der Waals surface area contributed by atoms with Crippen molar-refractivity contribution in [1.29, 1.82) is 0 Å². The van der Waals surface area contributed by atoms with Crippen LogP contribution < -0.4 is 33.2 Å². The summed E-state index contributed by atoms with van der Waals surface area (Å²) >= 11 is 1.46. The molecule has 0 aliphatic rings. The van der Waals surface area contributed by atoms with E-state index in [9.17, 15) is 29.4 Å². The van der Waals surface area contributed by atoms with Crippen LogP contribution >= 0.6 is 11.8 Å². The Morgan fingerprint density at radius 2 is 1.54 bits per heavy atom. The summed E-state index contributed by atoms with van der Waals surface area (Å²) in [4.78, 5) is 59.4. The fourth-order valence-electron chi connectivity index (χ4n) is 4.78. The summed E-state index contributed by atoms with van der Waals surface area (Å²) < 4.78 is 0. The van der Waals surface area contributed by atoms with Gasteiger partial charge in [0, 0.05) is 36.5 Å². The maximum Gasteiger partial charge on any atom is 0.326 e. The second kappa shape index (κ2) is 17.7. The number of nitrogens with zero attached hydrogens (tertiary/aromatic N) is 1. The van der Waals surface area contributed by atoms with Gasteiger partial charge in [-0.05, 0) is 60.6 Å². The molecule has 0 saturated carbocycles. The van der Waals surface area contributed by atoms with Crippen LogP contribution in [-0.4, -0.2) is 87.6 Å². The van der Waals surface area contributed by atoms with Gasteiger partial charge < -0.3 is 48.3 Å². The zero-order valence-electron chi connectivity index (χ0n) is 25.6. The van der Waals surface area contributed by atoms with E-state index in [1.54, 1.807) is 18.3 Å². The molecule has 46 heavy (non-hydrogen) atoms. The van der Waals surface area contributed by atoms with Gasteiger partial charge in [-0.3, -0.25) is 19.4 Å². The van der Waals surface area contributed by atoms with E-state index in [4.69, 9.17) is 17.2 Å². The van der Waals surface area contributed by atoms with Crippen LogP contribution in [0.5, 0.6) is 5.75 Å². The number of fused-ring (bicyclic) bond motifs is 1. The topological polar surface area (TPSA) is 251 Å². The molecular formula is C31H42N8O6S. The van der Waals surface area contributed by atoms with Crippen LogP contribution in [0.4, 0.5) is 0 Å². The lowest BCUT2D eigenvalue weighted by Crippen LogP contribution is -2.58. The Hall–Kier alpha value is -4.76. The number of rotatable bonds is 18. The molecule has 1 aromatic heterocycles. The van der Waals surface area contributed by atoms with Gasteiger partial charge in [-0.2, -0.15) is 11.8 Å². The number of phenols is 1. The highest BCUT2D eigenvalue weighted by atomic mass is 32.2. The summed E-state index contributed by atoms with van der Waals surface area (Å²) in [7, 11) is 0. The molecule has 4 unspecified atom stereocenters. The van der Waals surface area contributed by atoms with Crippen molar-refractivity contribution in [3.63, 3.8) is 0 Å². The van der Waals surface area contributed by atoms with Gasteiger partial charge >= 0.3 is 5.97 Å². The highest BCUT2D eigenvalue weighted by Gasteiger charge is 2.31. The summed E-state index contributed by atoms with van der Waals surface area (Å²) in [6.45, 7) is 0.291. The number of nitrogens with two attached hydrogens (primary N) is 3. The van der Waals surface area contributed by atoms with Crippen molar-refractivity contribution in [2.45, 2.75) is 56.3 Å². The van der Waals surface area contributed by atoms with E-state index < -0.39 is 47.9 Å². The largest absolute Gasteiger partial charge is 0.508 e. The number of hydrogen-bond donors (Lipinski definition) is 9. The smallest absolute Gasteiger partial charge is 0.326 e. The fraction of sp³-hybridized carbons (Fsp3) is 0.387. The van der Waals surface area contributed by atoms with Crippen molar-refractivity contribution in [2.75, 3.05) is 18.6 Å². The molecule has 3 aromatic rings. The first-order valence-corrected chi connectivity index (χ1v) is 16.1. The number of aliphatic imine (C=N–C) groups is 1. The van der Waals surface area contributed by atoms with Crippen molar-refractivity contribution in [1.82, 2.24) is 20.9 Å². The van der Waals surface area contributed by atoms with Crippen LogP contribution in [0.3, 0.4) is 0 Å². The molecule has 15 heteroatoms. The zero-order chi connectivity index (χ0) is 33.6. The van der Waals surface area contributed by atoms with Gasteiger partial charge in [-0.15, -0.1) is 0 Å². The second-order valence-electron chi connectivity index (χ2n) is 10.8. The van der Waals surface area contributed by atoms with E-state index in [2.05, 4.69) is 25.9 Å². The molecule has 0 aliphatic carbocycles. The first kappa shape index (κ1) is 35.7. The molecule has 0 spiro atoms. The maximum atomic E-state index is 13.8. The number of nitrogens with one attached hydrogen (secondary N) is 4. The molecule has 0 saturated heterocycles. The van der Waals surface area contributed by atoms with E-state index in [-0.39, 0.29) is 37.4 Å². The molecule has 0 radical (unpaired) electrons. The Morgan fingerprint density at radius 1 is 0.891 bits per heavy atom. The average Bonchev–Trinajstić information content (AvgIpc) is 3.43. The van der Waals surface area contributed by atoms with Crippen LogP contribution in [0.2, 0.25) is 0 Å². The molecule has 0 aliphatic heterocycles. The Morgan fingerprint density at radius 3 is 2.22 bits per heavy atom. The first-order valence-electron chi connectivity index (χ1n) is 14.7. The normalized spacial score (nSPS) is 13.6. The first-order chi connectivity index (χ1) is 22.0. The third-order valence-corrected chi connectivity index (χ3v) is 7.91. The van der Waals surface area contributed by atoms with Crippen LogP contribution in [0.1, 0.15) is 30.4 Å². The summed E-state index contributed by atoms with van der Waals surface area (Å²) in [6.07, 6.45) is 4.57. The van der Waals surface area contributed by atoms with E-state index in [0.29, 0.717) is 24.3 Å². The zero-order valence-corrected chi connectivity index (χ0v) is 26.4. The number of guanidine groups is 1. The van der Waals surface area contributed by atoms with Crippen LogP contribution in [0.25, 0.3) is 10.9 Å². The molecule has 12 N–H and O–H groups in total.